The molecule has 0 spiro atoms. The van der Waals surface area contributed by atoms with Gasteiger partial charge in [0.1, 0.15) is 10.9 Å². The SMILES string of the molecule is Cc1ccc(S(=O)(=O)c2[nH]c(-c3ccccc3)nc2SCC(=O)Nc2c(C)cccc2C)cc1. The Bertz CT molecular complexity index is 1410. The Hall–Kier alpha value is -3.36. The average Bonchev–Trinajstić information content (AvgIpc) is 3.26. The molecule has 6 nitrogen and oxygen atoms in total. The second-order valence-electron chi connectivity index (χ2n) is 8.01. The molecule has 0 unspecified atom stereocenters. The van der Waals surface area contributed by atoms with E-state index >= 15 is 0 Å². The van der Waals surface area contributed by atoms with Crippen molar-refractivity contribution in [3.05, 3.63) is 89.5 Å². The summed E-state index contributed by atoms with van der Waals surface area (Å²) >= 11 is 1.09. The van der Waals surface area contributed by atoms with E-state index in [9.17, 15) is 13.2 Å². The van der Waals surface area contributed by atoms with Crippen LogP contribution in [0.4, 0.5) is 5.69 Å². The fourth-order valence-electron chi connectivity index (χ4n) is 3.51. The standard InChI is InChI=1S/C26H25N3O3S2/c1-17-12-14-21(15-13-17)34(31,32)26-25(28-24(29-26)20-10-5-4-6-11-20)33-16-22(30)27-23-18(2)8-7-9-19(23)3/h4-15H,16H2,1-3H3,(H,27,30)(H,28,29). The number of benzene rings is 3. The monoisotopic (exact) mass is 491 g/mol. The summed E-state index contributed by atoms with van der Waals surface area (Å²) in [5.74, 6) is 0.220. The lowest BCUT2D eigenvalue weighted by Crippen LogP contribution is -2.16. The molecular weight excluding hydrogens is 466 g/mol. The van der Waals surface area contributed by atoms with E-state index in [0.717, 1.165) is 39.7 Å². The molecule has 8 heteroatoms. The lowest BCUT2D eigenvalue weighted by Gasteiger charge is -2.11. The maximum atomic E-state index is 13.5. The van der Waals surface area contributed by atoms with Crippen molar-refractivity contribution in [2.75, 3.05) is 11.1 Å². The number of aryl methyl sites for hydroxylation is 3. The number of aromatic nitrogens is 2. The summed E-state index contributed by atoms with van der Waals surface area (Å²) in [6.07, 6.45) is 0. The minimum atomic E-state index is -3.86. The van der Waals surface area contributed by atoms with Crippen molar-refractivity contribution in [3.63, 3.8) is 0 Å². The molecule has 3 aromatic carbocycles. The quantitative estimate of drug-likeness (QED) is 0.330. The van der Waals surface area contributed by atoms with E-state index in [-0.39, 0.29) is 26.6 Å². The molecule has 0 aliphatic rings. The van der Waals surface area contributed by atoms with E-state index in [0.29, 0.717) is 5.82 Å². The molecular formula is C26H25N3O3S2. The molecule has 0 aliphatic heterocycles. The first-order valence-electron chi connectivity index (χ1n) is 10.7. The Balaban J connectivity index is 1.65. The smallest absolute Gasteiger partial charge is 0.234 e. The van der Waals surface area contributed by atoms with Gasteiger partial charge in [-0.25, -0.2) is 13.4 Å². The van der Waals surface area contributed by atoms with Crippen LogP contribution in [0.15, 0.2) is 87.7 Å². The van der Waals surface area contributed by atoms with Crippen LogP contribution in [0.3, 0.4) is 0 Å². The number of carbonyl (C=O) groups is 1. The summed E-state index contributed by atoms with van der Waals surface area (Å²) in [6, 6.07) is 21.8. The number of thioether (sulfide) groups is 1. The molecule has 174 valence electrons. The number of amides is 1. The molecule has 34 heavy (non-hydrogen) atoms. The van der Waals surface area contributed by atoms with Gasteiger partial charge in [0.25, 0.3) is 0 Å². The summed E-state index contributed by atoms with van der Waals surface area (Å²) < 4.78 is 26.9. The van der Waals surface area contributed by atoms with Gasteiger partial charge in [0.15, 0.2) is 5.03 Å². The average molecular weight is 492 g/mol. The predicted octanol–water partition coefficient (Wildman–Crippen LogP) is 5.57. The van der Waals surface area contributed by atoms with E-state index in [1.165, 1.54) is 0 Å². The van der Waals surface area contributed by atoms with Gasteiger partial charge in [0, 0.05) is 11.3 Å². The number of para-hydroxylation sites is 1. The van der Waals surface area contributed by atoms with Crippen LogP contribution >= 0.6 is 11.8 Å². The van der Waals surface area contributed by atoms with Gasteiger partial charge >= 0.3 is 0 Å². The number of anilines is 1. The van der Waals surface area contributed by atoms with Gasteiger partial charge in [-0.15, -0.1) is 0 Å². The molecule has 0 atom stereocenters. The van der Waals surface area contributed by atoms with Crippen molar-refractivity contribution < 1.29 is 13.2 Å². The summed E-state index contributed by atoms with van der Waals surface area (Å²) in [5, 5.41) is 3.18. The molecule has 0 fully saturated rings. The number of carbonyl (C=O) groups excluding carboxylic acids is 1. The summed E-state index contributed by atoms with van der Waals surface area (Å²) in [7, 11) is -3.86. The zero-order chi connectivity index (χ0) is 24.3. The minimum Gasteiger partial charge on any atom is -0.328 e. The maximum absolute atomic E-state index is 13.5. The molecule has 0 aliphatic carbocycles. The van der Waals surface area contributed by atoms with Gasteiger partial charge in [-0.3, -0.25) is 4.79 Å². The van der Waals surface area contributed by atoms with Crippen LogP contribution < -0.4 is 5.32 Å². The molecule has 0 radical (unpaired) electrons. The topological polar surface area (TPSA) is 91.9 Å². The largest absolute Gasteiger partial charge is 0.328 e. The highest BCUT2D eigenvalue weighted by atomic mass is 32.2. The van der Waals surface area contributed by atoms with Crippen LogP contribution in [-0.4, -0.2) is 30.0 Å². The first kappa shape index (κ1) is 23.8. The lowest BCUT2D eigenvalue weighted by atomic mass is 10.1. The van der Waals surface area contributed by atoms with E-state index in [4.69, 9.17) is 0 Å². The third kappa shape index (κ3) is 5.08. The molecule has 2 N–H and O–H groups in total. The van der Waals surface area contributed by atoms with Crippen molar-refractivity contribution in [1.29, 1.82) is 0 Å². The summed E-state index contributed by atoms with van der Waals surface area (Å²) in [5.41, 5.74) is 4.42. The Labute approximate surface area is 203 Å². The molecule has 1 amide bonds. The Morgan fingerprint density at radius 3 is 2.21 bits per heavy atom. The van der Waals surface area contributed by atoms with Gasteiger partial charge < -0.3 is 10.3 Å². The van der Waals surface area contributed by atoms with Gasteiger partial charge in [0.05, 0.1) is 10.6 Å². The minimum absolute atomic E-state index is 0.0138. The first-order valence-corrected chi connectivity index (χ1v) is 13.2. The number of imidazole rings is 1. The Morgan fingerprint density at radius 2 is 1.56 bits per heavy atom. The maximum Gasteiger partial charge on any atom is 0.234 e. The van der Waals surface area contributed by atoms with Gasteiger partial charge in [-0.05, 0) is 44.0 Å². The van der Waals surface area contributed by atoms with Crippen molar-refractivity contribution >= 4 is 33.2 Å². The van der Waals surface area contributed by atoms with Crippen LogP contribution in [0.1, 0.15) is 16.7 Å². The fourth-order valence-corrected chi connectivity index (χ4v) is 5.93. The molecule has 0 saturated heterocycles. The van der Waals surface area contributed by atoms with E-state index < -0.39 is 9.84 Å². The summed E-state index contributed by atoms with van der Waals surface area (Å²) in [6.45, 7) is 5.76. The Morgan fingerprint density at radius 1 is 0.912 bits per heavy atom. The van der Waals surface area contributed by atoms with E-state index in [1.54, 1.807) is 24.3 Å². The number of H-pyrrole nitrogens is 1. The van der Waals surface area contributed by atoms with Crippen molar-refractivity contribution in [2.45, 2.75) is 35.7 Å². The van der Waals surface area contributed by atoms with E-state index in [1.807, 2.05) is 69.3 Å². The number of hydrogen-bond acceptors (Lipinski definition) is 5. The molecule has 4 aromatic rings. The van der Waals surface area contributed by atoms with Gasteiger partial charge in [-0.1, -0.05) is 78.0 Å². The van der Waals surface area contributed by atoms with Crippen LogP contribution in [0, 0.1) is 20.8 Å². The predicted molar refractivity (Wildman–Crippen MR) is 136 cm³/mol. The highest BCUT2D eigenvalue weighted by Gasteiger charge is 2.27. The number of nitrogens with zero attached hydrogens (tertiary/aromatic N) is 1. The van der Waals surface area contributed by atoms with Crippen molar-refractivity contribution in [1.82, 2.24) is 9.97 Å². The molecule has 0 saturated carbocycles. The number of hydrogen-bond donors (Lipinski definition) is 2. The van der Waals surface area contributed by atoms with Crippen molar-refractivity contribution in [3.8, 4) is 11.4 Å². The lowest BCUT2D eigenvalue weighted by molar-refractivity contribution is -0.113. The first-order chi connectivity index (χ1) is 16.3. The van der Waals surface area contributed by atoms with Crippen LogP contribution in [0.25, 0.3) is 11.4 Å². The molecule has 4 rings (SSSR count). The van der Waals surface area contributed by atoms with Crippen LogP contribution in [0.2, 0.25) is 0 Å². The molecule has 0 bridgehead atoms. The number of rotatable bonds is 7. The van der Waals surface area contributed by atoms with Gasteiger partial charge in [-0.2, -0.15) is 0 Å². The number of aromatic amines is 1. The normalized spacial score (nSPS) is 11.4. The molecule has 1 heterocycles. The second-order valence-corrected chi connectivity index (χ2v) is 10.9. The highest BCUT2D eigenvalue weighted by Crippen LogP contribution is 2.32. The van der Waals surface area contributed by atoms with Crippen LogP contribution in [-0.2, 0) is 14.6 Å². The number of nitrogens with one attached hydrogen (secondary N) is 2. The van der Waals surface area contributed by atoms with Crippen LogP contribution in [0.5, 0.6) is 0 Å². The zero-order valence-electron chi connectivity index (χ0n) is 19.1. The fraction of sp³-hybridized carbons (Fsp3) is 0.154. The zero-order valence-corrected chi connectivity index (χ0v) is 20.8. The van der Waals surface area contributed by atoms with E-state index in [2.05, 4.69) is 15.3 Å². The third-order valence-corrected chi connectivity index (χ3v) is 8.20. The molecule has 1 aromatic heterocycles. The second kappa shape index (κ2) is 9.87. The van der Waals surface area contributed by atoms with Crippen molar-refractivity contribution in [2.24, 2.45) is 0 Å². The number of sulfone groups is 1. The highest BCUT2D eigenvalue weighted by molar-refractivity contribution is 8.00. The Kier molecular flexibility index (Phi) is 6.90. The van der Waals surface area contributed by atoms with Gasteiger partial charge in [0.2, 0.25) is 15.7 Å². The summed E-state index contributed by atoms with van der Waals surface area (Å²) in [4.78, 5) is 20.4. The third-order valence-electron chi connectivity index (χ3n) is 5.37.